The summed E-state index contributed by atoms with van der Waals surface area (Å²) in [7, 11) is 0. The zero-order valence-corrected chi connectivity index (χ0v) is 7.29. The lowest BCUT2D eigenvalue weighted by Gasteiger charge is -2.27. The summed E-state index contributed by atoms with van der Waals surface area (Å²) >= 11 is 0. The first-order chi connectivity index (χ1) is 6.33. The summed E-state index contributed by atoms with van der Waals surface area (Å²) in [5, 5.41) is 0. The van der Waals surface area contributed by atoms with E-state index in [0.717, 1.165) is 25.5 Å². The number of rotatable bonds is 2. The Kier molecular flexibility index (Phi) is 2.13. The van der Waals surface area contributed by atoms with E-state index < -0.39 is 0 Å². The number of benzene rings is 1. The molecule has 1 aromatic carbocycles. The SMILES string of the molecule is O=Cc1cccc(F)c1C1CCC1. The first-order valence-corrected chi connectivity index (χ1v) is 4.56. The summed E-state index contributed by atoms with van der Waals surface area (Å²) in [6.45, 7) is 0. The lowest BCUT2D eigenvalue weighted by molar-refractivity contribution is 0.112. The van der Waals surface area contributed by atoms with E-state index in [1.54, 1.807) is 12.1 Å². The van der Waals surface area contributed by atoms with Crippen molar-refractivity contribution in [2.45, 2.75) is 25.2 Å². The average Bonchev–Trinajstić information content (AvgIpc) is 2.05. The number of hydrogen-bond donors (Lipinski definition) is 0. The zero-order chi connectivity index (χ0) is 9.26. The highest BCUT2D eigenvalue weighted by atomic mass is 19.1. The van der Waals surface area contributed by atoms with Gasteiger partial charge in [-0.05, 0) is 24.8 Å². The molecule has 0 N–H and O–H groups in total. The van der Waals surface area contributed by atoms with Crippen LogP contribution in [0.1, 0.15) is 41.1 Å². The van der Waals surface area contributed by atoms with E-state index in [-0.39, 0.29) is 11.7 Å². The predicted molar refractivity (Wildman–Crippen MR) is 48.4 cm³/mol. The van der Waals surface area contributed by atoms with Gasteiger partial charge in [-0.3, -0.25) is 4.79 Å². The fraction of sp³-hybridized carbons (Fsp3) is 0.364. The molecule has 0 aromatic heterocycles. The highest BCUT2D eigenvalue weighted by molar-refractivity contribution is 5.77. The van der Waals surface area contributed by atoms with Crippen molar-refractivity contribution in [3.63, 3.8) is 0 Å². The first-order valence-electron chi connectivity index (χ1n) is 4.56. The topological polar surface area (TPSA) is 17.1 Å². The molecule has 1 aliphatic rings. The minimum atomic E-state index is -0.227. The van der Waals surface area contributed by atoms with Crippen LogP contribution >= 0.6 is 0 Å². The minimum Gasteiger partial charge on any atom is -0.298 e. The smallest absolute Gasteiger partial charge is 0.150 e. The maximum atomic E-state index is 13.3. The van der Waals surface area contributed by atoms with Gasteiger partial charge in [-0.2, -0.15) is 0 Å². The number of halogens is 1. The Morgan fingerprint density at radius 3 is 2.69 bits per heavy atom. The van der Waals surface area contributed by atoms with Crippen LogP contribution in [0.2, 0.25) is 0 Å². The molecule has 0 spiro atoms. The van der Waals surface area contributed by atoms with Crippen molar-refractivity contribution in [1.82, 2.24) is 0 Å². The number of carbonyl (C=O) groups excluding carboxylic acids is 1. The van der Waals surface area contributed by atoms with E-state index in [0.29, 0.717) is 11.1 Å². The molecule has 13 heavy (non-hydrogen) atoms. The van der Waals surface area contributed by atoms with Crippen molar-refractivity contribution in [1.29, 1.82) is 0 Å². The second-order valence-electron chi connectivity index (χ2n) is 3.49. The van der Waals surface area contributed by atoms with E-state index in [9.17, 15) is 9.18 Å². The number of aldehydes is 1. The lowest BCUT2D eigenvalue weighted by atomic mass is 9.78. The Labute approximate surface area is 76.6 Å². The van der Waals surface area contributed by atoms with E-state index in [1.165, 1.54) is 6.07 Å². The third-order valence-corrected chi connectivity index (χ3v) is 2.73. The quantitative estimate of drug-likeness (QED) is 0.636. The molecule has 68 valence electrons. The van der Waals surface area contributed by atoms with E-state index >= 15 is 0 Å². The molecule has 1 aliphatic carbocycles. The summed E-state index contributed by atoms with van der Waals surface area (Å²) < 4.78 is 13.3. The molecule has 0 unspecified atom stereocenters. The molecule has 0 aliphatic heterocycles. The van der Waals surface area contributed by atoms with Crippen molar-refractivity contribution in [2.24, 2.45) is 0 Å². The lowest BCUT2D eigenvalue weighted by Crippen LogP contribution is -2.13. The van der Waals surface area contributed by atoms with Gasteiger partial charge in [0.15, 0.2) is 0 Å². The van der Waals surface area contributed by atoms with Gasteiger partial charge in [-0.1, -0.05) is 18.6 Å². The summed E-state index contributed by atoms with van der Waals surface area (Å²) in [6, 6.07) is 4.70. The van der Waals surface area contributed by atoms with Crippen LogP contribution < -0.4 is 0 Å². The van der Waals surface area contributed by atoms with Crippen molar-refractivity contribution in [2.75, 3.05) is 0 Å². The summed E-state index contributed by atoms with van der Waals surface area (Å²) in [6.07, 6.45) is 3.93. The zero-order valence-electron chi connectivity index (χ0n) is 7.29. The molecule has 2 rings (SSSR count). The molecule has 0 atom stereocenters. The maximum Gasteiger partial charge on any atom is 0.150 e. The fourth-order valence-electron chi connectivity index (χ4n) is 1.78. The van der Waals surface area contributed by atoms with Gasteiger partial charge in [-0.15, -0.1) is 0 Å². The van der Waals surface area contributed by atoms with Gasteiger partial charge in [0.25, 0.3) is 0 Å². The van der Waals surface area contributed by atoms with Crippen LogP contribution in [-0.2, 0) is 0 Å². The Morgan fingerprint density at radius 2 is 2.15 bits per heavy atom. The van der Waals surface area contributed by atoms with E-state index in [1.807, 2.05) is 0 Å². The molecule has 0 radical (unpaired) electrons. The summed E-state index contributed by atoms with van der Waals surface area (Å²) in [5.74, 6) is 0.0516. The number of carbonyl (C=O) groups is 1. The van der Waals surface area contributed by atoms with Gasteiger partial charge in [0.2, 0.25) is 0 Å². The van der Waals surface area contributed by atoms with Crippen molar-refractivity contribution >= 4 is 6.29 Å². The van der Waals surface area contributed by atoms with Gasteiger partial charge >= 0.3 is 0 Å². The molecule has 1 aromatic rings. The van der Waals surface area contributed by atoms with Gasteiger partial charge in [0.05, 0.1) is 0 Å². The van der Waals surface area contributed by atoms with E-state index in [4.69, 9.17) is 0 Å². The van der Waals surface area contributed by atoms with Crippen LogP contribution in [0.3, 0.4) is 0 Å². The molecular formula is C11H11FO. The van der Waals surface area contributed by atoms with Crippen molar-refractivity contribution in [3.05, 3.63) is 35.1 Å². The first kappa shape index (κ1) is 8.42. The maximum absolute atomic E-state index is 13.3. The largest absolute Gasteiger partial charge is 0.298 e. The molecule has 0 bridgehead atoms. The van der Waals surface area contributed by atoms with Crippen LogP contribution in [0.15, 0.2) is 18.2 Å². The fourth-order valence-corrected chi connectivity index (χ4v) is 1.78. The Hall–Kier alpha value is -1.18. The highest BCUT2D eigenvalue weighted by Crippen LogP contribution is 2.38. The molecule has 0 amide bonds. The van der Waals surface area contributed by atoms with Gasteiger partial charge < -0.3 is 0 Å². The van der Waals surface area contributed by atoms with Crippen LogP contribution in [-0.4, -0.2) is 6.29 Å². The van der Waals surface area contributed by atoms with Gasteiger partial charge in [0, 0.05) is 11.1 Å². The van der Waals surface area contributed by atoms with Crippen molar-refractivity contribution < 1.29 is 9.18 Å². The molecule has 1 saturated carbocycles. The Balaban J connectivity index is 2.44. The van der Waals surface area contributed by atoms with Crippen LogP contribution in [0, 0.1) is 5.82 Å². The molecule has 1 fully saturated rings. The number of hydrogen-bond acceptors (Lipinski definition) is 1. The van der Waals surface area contributed by atoms with Crippen molar-refractivity contribution in [3.8, 4) is 0 Å². The molecule has 0 heterocycles. The molecule has 2 heteroatoms. The Morgan fingerprint density at radius 1 is 1.38 bits per heavy atom. The third kappa shape index (κ3) is 1.37. The molecule has 0 saturated heterocycles. The summed E-state index contributed by atoms with van der Waals surface area (Å²) in [4.78, 5) is 10.7. The minimum absolute atomic E-state index is 0.227. The highest BCUT2D eigenvalue weighted by Gasteiger charge is 2.24. The van der Waals surface area contributed by atoms with Gasteiger partial charge in [-0.25, -0.2) is 4.39 Å². The third-order valence-electron chi connectivity index (χ3n) is 2.73. The monoisotopic (exact) mass is 178 g/mol. The van der Waals surface area contributed by atoms with Crippen LogP contribution in [0.5, 0.6) is 0 Å². The van der Waals surface area contributed by atoms with Gasteiger partial charge in [0.1, 0.15) is 12.1 Å². The summed E-state index contributed by atoms with van der Waals surface area (Å²) in [5.41, 5.74) is 1.15. The Bertz CT molecular complexity index is 329. The van der Waals surface area contributed by atoms with Crippen LogP contribution in [0.4, 0.5) is 4.39 Å². The van der Waals surface area contributed by atoms with E-state index in [2.05, 4.69) is 0 Å². The molecule has 1 nitrogen and oxygen atoms in total. The standard InChI is InChI=1S/C11H11FO/c12-10-6-2-5-9(7-13)11(10)8-3-1-4-8/h2,5-8H,1,3-4H2. The van der Waals surface area contributed by atoms with Crippen LogP contribution in [0.25, 0.3) is 0 Å². The molecular weight excluding hydrogens is 167 g/mol. The average molecular weight is 178 g/mol. The second-order valence-corrected chi connectivity index (χ2v) is 3.49. The predicted octanol–water partition coefficient (Wildman–Crippen LogP) is 2.91. The second kappa shape index (κ2) is 3.29. The normalized spacial score (nSPS) is 16.7.